The van der Waals surface area contributed by atoms with Gasteiger partial charge in [0.25, 0.3) is 0 Å². The molecule has 0 saturated carbocycles. The van der Waals surface area contributed by atoms with Crippen LogP contribution in [0.4, 0.5) is 0 Å². The van der Waals surface area contributed by atoms with Crippen LogP contribution in [0.15, 0.2) is 41.5 Å². The maximum atomic E-state index is 6.15. The van der Waals surface area contributed by atoms with Crippen LogP contribution < -0.4 is 20.6 Å². The fraction of sp³-hybridized carbons (Fsp3) is 0.125. The number of ether oxygens (including phenoxy) is 2. The van der Waals surface area contributed by atoms with E-state index in [1.54, 1.807) is 37.6 Å². The van der Waals surface area contributed by atoms with Crippen LogP contribution in [0.2, 0.25) is 10.0 Å². The highest BCUT2D eigenvalue weighted by Gasteiger charge is 2.08. The molecule has 0 atom stereocenters. The Morgan fingerprint density at radius 2 is 2.04 bits per heavy atom. The predicted molar refractivity (Wildman–Crippen MR) is 101 cm³/mol. The molecule has 0 heterocycles. The highest BCUT2D eigenvalue weighted by molar-refractivity contribution is 7.80. The lowest BCUT2D eigenvalue weighted by Gasteiger charge is -2.12. The average Bonchev–Trinajstić information content (AvgIpc) is 2.54. The van der Waals surface area contributed by atoms with Gasteiger partial charge in [0.2, 0.25) is 0 Å². The summed E-state index contributed by atoms with van der Waals surface area (Å²) < 4.78 is 11.1. The van der Waals surface area contributed by atoms with Crippen molar-refractivity contribution < 1.29 is 9.47 Å². The van der Waals surface area contributed by atoms with Gasteiger partial charge in [0.15, 0.2) is 16.6 Å². The molecule has 0 radical (unpaired) electrons. The first kappa shape index (κ1) is 18.3. The van der Waals surface area contributed by atoms with Crippen molar-refractivity contribution in [1.29, 1.82) is 0 Å². The van der Waals surface area contributed by atoms with Crippen molar-refractivity contribution in [2.24, 2.45) is 10.8 Å². The van der Waals surface area contributed by atoms with Crippen molar-refractivity contribution in [3.05, 3.63) is 57.6 Å². The molecule has 0 aliphatic rings. The van der Waals surface area contributed by atoms with Crippen molar-refractivity contribution in [1.82, 2.24) is 5.43 Å². The number of nitrogens with one attached hydrogen (secondary N) is 1. The van der Waals surface area contributed by atoms with E-state index in [4.69, 9.17) is 38.4 Å². The van der Waals surface area contributed by atoms with Crippen LogP contribution in [0.5, 0.6) is 11.5 Å². The van der Waals surface area contributed by atoms with E-state index < -0.39 is 0 Å². The summed E-state index contributed by atoms with van der Waals surface area (Å²) in [5.74, 6) is 1.15. The molecule has 2 aromatic rings. The molecule has 2 rings (SSSR count). The zero-order valence-corrected chi connectivity index (χ0v) is 15.1. The first-order valence-electron chi connectivity index (χ1n) is 6.83. The van der Waals surface area contributed by atoms with E-state index in [9.17, 15) is 0 Å². The monoisotopic (exact) mass is 383 g/mol. The average molecular weight is 384 g/mol. The third-order valence-electron chi connectivity index (χ3n) is 2.97. The quantitative estimate of drug-likeness (QED) is 0.451. The third-order valence-corrected chi connectivity index (χ3v) is 3.65. The highest BCUT2D eigenvalue weighted by Crippen LogP contribution is 2.29. The summed E-state index contributed by atoms with van der Waals surface area (Å²) in [4.78, 5) is 0. The molecule has 0 amide bonds. The van der Waals surface area contributed by atoms with Crippen LogP contribution >= 0.6 is 35.4 Å². The Hall–Kier alpha value is -2.02. The zero-order valence-electron chi connectivity index (χ0n) is 12.8. The van der Waals surface area contributed by atoms with E-state index in [2.05, 4.69) is 22.7 Å². The SMILES string of the molecule is COc1ccc(/C=N\NC(N)=S)cc1OCc1ccc(Cl)cc1Cl. The summed E-state index contributed by atoms with van der Waals surface area (Å²) in [6.07, 6.45) is 1.57. The minimum absolute atomic E-state index is 0.0913. The zero-order chi connectivity index (χ0) is 17.5. The van der Waals surface area contributed by atoms with Crippen molar-refractivity contribution in [3.63, 3.8) is 0 Å². The van der Waals surface area contributed by atoms with Crippen LogP contribution in [0.1, 0.15) is 11.1 Å². The molecule has 126 valence electrons. The van der Waals surface area contributed by atoms with Gasteiger partial charge in [0, 0.05) is 15.6 Å². The molecule has 0 saturated heterocycles. The van der Waals surface area contributed by atoms with Gasteiger partial charge in [0.1, 0.15) is 6.61 Å². The molecule has 0 aromatic heterocycles. The van der Waals surface area contributed by atoms with Gasteiger partial charge in [-0.05, 0) is 48.1 Å². The van der Waals surface area contributed by atoms with E-state index in [1.807, 2.05) is 12.1 Å². The molecule has 24 heavy (non-hydrogen) atoms. The smallest absolute Gasteiger partial charge is 0.184 e. The van der Waals surface area contributed by atoms with Crippen LogP contribution in [-0.2, 0) is 6.61 Å². The predicted octanol–water partition coefficient (Wildman–Crippen LogP) is 3.75. The molecule has 0 unspecified atom stereocenters. The van der Waals surface area contributed by atoms with Gasteiger partial charge < -0.3 is 15.2 Å². The van der Waals surface area contributed by atoms with Gasteiger partial charge in [-0.1, -0.05) is 29.3 Å². The number of methoxy groups -OCH3 is 1. The van der Waals surface area contributed by atoms with Crippen LogP contribution in [0.25, 0.3) is 0 Å². The maximum Gasteiger partial charge on any atom is 0.184 e. The first-order chi connectivity index (χ1) is 11.5. The molecule has 8 heteroatoms. The van der Waals surface area contributed by atoms with Crippen LogP contribution in [0.3, 0.4) is 0 Å². The fourth-order valence-electron chi connectivity index (χ4n) is 1.85. The molecular weight excluding hydrogens is 369 g/mol. The van der Waals surface area contributed by atoms with Gasteiger partial charge >= 0.3 is 0 Å². The van der Waals surface area contributed by atoms with Crippen molar-refractivity contribution in [2.75, 3.05) is 7.11 Å². The summed E-state index contributed by atoms with van der Waals surface area (Å²) >= 11 is 16.7. The number of hydrogen-bond acceptors (Lipinski definition) is 4. The van der Waals surface area contributed by atoms with E-state index >= 15 is 0 Å². The summed E-state index contributed by atoms with van der Waals surface area (Å²) in [6, 6.07) is 10.6. The van der Waals surface area contributed by atoms with Crippen LogP contribution in [-0.4, -0.2) is 18.4 Å². The van der Waals surface area contributed by atoms with Gasteiger partial charge in [-0.15, -0.1) is 0 Å². The Morgan fingerprint density at radius 3 is 2.71 bits per heavy atom. The highest BCUT2D eigenvalue weighted by atomic mass is 35.5. The molecule has 5 nitrogen and oxygen atoms in total. The second kappa shape index (κ2) is 8.73. The van der Waals surface area contributed by atoms with Crippen molar-refractivity contribution in [2.45, 2.75) is 6.61 Å². The molecule has 0 spiro atoms. The van der Waals surface area contributed by atoms with E-state index in [1.165, 1.54) is 0 Å². The Labute approximate surface area is 155 Å². The van der Waals surface area contributed by atoms with E-state index in [0.717, 1.165) is 11.1 Å². The Balaban J connectivity index is 2.15. The second-order valence-corrected chi connectivity index (χ2v) is 5.95. The van der Waals surface area contributed by atoms with Gasteiger partial charge in [-0.2, -0.15) is 5.10 Å². The lowest BCUT2D eigenvalue weighted by Crippen LogP contribution is -2.23. The number of thiocarbonyl (C=S) groups is 1. The normalized spacial score (nSPS) is 10.6. The molecule has 0 bridgehead atoms. The van der Waals surface area contributed by atoms with Gasteiger partial charge in [0.05, 0.1) is 13.3 Å². The number of hydrogen-bond donors (Lipinski definition) is 2. The largest absolute Gasteiger partial charge is 0.493 e. The molecule has 3 N–H and O–H groups in total. The van der Waals surface area contributed by atoms with Gasteiger partial charge in [-0.3, -0.25) is 5.43 Å². The molecule has 0 aliphatic carbocycles. The fourth-order valence-corrected chi connectivity index (χ4v) is 2.37. The summed E-state index contributed by atoms with van der Waals surface area (Å²) in [5, 5.41) is 5.11. The number of nitrogens with two attached hydrogens (primary N) is 1. The molecule has 2 aromatic carbocycles. The summed E-state index contributed by atoms with van der Waals surface area (Å²) in [6.45, 7) is 0.276. The van der Waals surface area contributed by atoms with E-state index in [-0.39, 0.29) is 11.7 Å². The first-order valence-corrected chi connectivity index (χ1v) is 7.99. The minimum Gasteiger partial charge on any atom is -0.493 e. The lowest BCUT2D eigenvalue weighted by atomic mass is 10.2. The summed E-state index contributed by atoms with van der Waals surface area (Å²) in [5.41, 5.74) is 9.40. The molecule has 0 fully saturated rings. The number of halogens is 2. The van der Waals surface area contributed by atoms with Crippen molar-refractivity contribution in [3.8, 4) is 11.5 Å². The number of nitrogens with zero attached hydrogens (tertiary/aromatic N) is 1. The minimum atomic E-state index is 0.0913. The Morgan fingerprint density at radius 1 is 1.25 bits per heavy atom. The number of hydrazone groups is 1. The topological polar surface area (TPSA) is 68.9 Å². The number of benzene rings is 2. The van der Waals surface area contributed by atoms with Crippen LogP contribution in [0, 0.1) is 0 Å². The Kier molecular flexibility index (Phi) is 6.66. The maximum absolute atomic E-state index is 6.15. The third kappa shape index (κ3) is 5.26. The molecule has 0 aliphatic heterocycles. The van der Waals surface area contributed by atoms with E-state index in [0.29, 0.717) is 21.5 Å². The standard InChI is InChI=1S/C16H15Cl2N3O2S/c1-22-14-5-2-10(8-20-21-16(19)24)6-15(14)23-9-11-3-4-12(17)7-13(11)18/h2-8H,9H2,1H3,(H3,19,21,24)/b20-8-. The lowest BCUT2D eigenvalue weighted by molar-refractivity contribution is 0.284. The summed E-state index contributed by atoms with van der Waals surface area (Å²) in [7, 11) is 1.57. The Bertz CT molecular complexity index is 769. The molecular formula is C16H15Cl2N3O2S. The number of rotatable bonds is 6. The second-order valence-electron chi connectivity index (χ2n) is 4.67. The van der Waals surface area contributed by atoms with Crippen molar-refractivity contribution >= 4 is 46.7 Å². The van der Waals surface area contributed by atoms with Gasteiger partial charge in [-0.25, -0.2) is 0 Å².